The zero-order valence-corrected chi connectivity index (χ0v) is 11.3. The number of hydrogen-bond donors (Lipinski definition) is 2. The van der Waals surface area contributed by atoms with Crippen molar-refractivity contribution in [2.24, 2.45) is 17.1 Å². The van der Waals surface area contributed by atoms with Gasteiger partial charge in [-0.3, -0.25) is 5.41 Å². The Labute approximate surface area is 105 Å². The Morgan fingerprint density at radius 2 is 1.71 bits per heavy atom. The second-order valence-electron chi connectivity index (χ2n) is 6.42. The second-order valence-corrected chi connectivity index (χ2v) is 6.42. The van der Waals surface area contributed by atoms with E-state index in [1.165, 1.54) is 25.7 Å². The van der Waals surface area contributed by atoms with E-state index < -0.39 is 0 Å². The van der Waals surface area contributed by atoms with Crippen molar-refractivity contribution in [2.45, 2.75) is 58.4 Å². The molecular weight excluding hydrogens is 210 g/mol. The summed E-state index contributed by atoms with van der Waals surface area (Å²) in [5.41, 5.74) is 5.68. The molecule has 0 spiro atoms. The summed E-state index contributed by atoms with van der Waals surface area (Å²) in [5, 5.41) is 7.68. The van der Waals surface area contributed by atoms with Crippen LogP contribution in [0, 0.1) is 16.7 Å². The van der Waals surface area contributed by atoms with Crippen molar-refractivity contribution in [3.8, 4) is 0 Å². The second kappa shape index (κ2) is 4.97. The van der Waals surface area contributed by atoms with Crippen LogP contribution in [0.15, 0.2) is 0 Å². The van der Waals surface area contributed by atoms with Crippen LogP contribution in [0.5, 0.6) is 0 Å². The summed E-state index contributed by atoms with van der Waals surface area (Å²) in [6.07, 6.45) is 7.66. The van der Waals surface area contributed by atoms with Crippen LogP contribution in [-0.4, -0.2) is 29.9 Å². The van der Waals surface area contributed by atoms with Gasteiger partial charge in [-0.1, -0.05) is 13.8 Å². The number of hydrogen-bond acceptors (Lipinski definition) is 2. The van der Waals surface area contributed by atoms with Gasteiger partial charge in [-0.05, 0) is 57.5 Å². The van der Waals surface area contributed by atoms with Gasteiger partial charge < -0.3 is 10.6 Å². The van der Waals surface area contributed by atoms with E-state index in [9.17, 15) is 0 Å². The van der Waals surface area contributed by atoms with Gasteiger partial charge in [0, 0.05) is 11.5 Å². The largest absolute Gasteiger partial charge is 0.387 e. The number of piperidine rings is 1. The molecule has 0 aromatic rings. The quantitative estimate of drug-likeness (QED) is 0.573. The number of likely N-dealkylation sites (tertiary alicyclic amines) is 1. The molecule has 2 rings (SSSR count). The number of rotatable bonds is 2. The van der Waals surface area contributed by atoms with E-state index >= 15 is 0 Å². The lowest BCUT2D eigenvalue weighted by atomic mass is 9.78. The highest BCUT2D eigenvalue weighted by molar-refractivity contribution is 5.83. The van der Waals surface area contributed by atoms with Crippen molar-refractivity contribution < 1.29 is 0 Å². The average Bonchev–Trinajstić information content (AvgIpc) is 2.31. The molecule has 0 bridgehead atoms. The molecule has 1 saturated carbocycles. The van der Waals surface area contributed by atoms with E-state index in [0.717, 1.165) is 37.9 Å². The molecule has 0 radical (unpaired) electrons. The van der Waals surface area contributed by atoms with E-state index in [-0.39, 0.29) is 5.41 Å². The van der Waals surface area contributed by atoms with Gasteiger partial charge >= 0.3 is 0 Å². The van der Waals surface area contributed by atoms with Gasteiger partial charge in [0.05, 0.1) is 5.84 Å². The fraction of sp³-hybridized carbons (Fsp3) is 0.929. The van der Waals surface area contributed by atoms with E-state index in [4.69, 9.17) is 11.1 Å². The topological polar surface area (TPSA) is 53.1 Å². The van der Waals surface area contributed by atoms with Crippen LogP contribution < -0.4 is 5.73 Å². The molecule has 2 aliphatic rings. The molecule has 0 amide bonds. The van der Waals surface area contributed by atoms with Crippen molar-refractivity contribution in [2.75, 3.05) is 13.1 Å². The Hall–Kier alpha value is -0.570. The van der Waals surface area contributed by atoms with E-state index in [2.05, 4.69) is 18.7 Å². The third-order valence-corrected chi connectivity index (χ3v) is 5.05. The van der Waals surface area contributed by atoms with Crippen LogP contribution in [0.2, 0.25) is 0 Å². The van der Waals surface area contributed by atoms with Crippen molar-refractivity contribution in [3.63, 3.8) is 0 Å². The minimum absolute atomic E-state index is 0.0293. The van der Waals surface area contributed by atoms with Crippen molar-refractivity contribution >= 4 is 5.84 Å². The van der Waals surface area contributed by atoms with Crippen molar-refractivity contribution in [1.29, 1.82) is 5.41 Å². The minimum Gasteiger partial charge on any atom is -0.387 e. The van der Waals surface area contributed by atoms with Gasteiger partial charge in [0.25, 0.3) is 0 Å². The first kappa shape index (κ1) is 12.9. The zero-order chi connectivity index (χ0) is 12.5. The van der Waals surface area contributed by atoms with Crippen molar-refractivity contribution in [3.05, 3.63) is 0 Å². The Morgan fingerprint density at radius 1 is 1.18 bits per heavy atom. The highest BCUT2D eigenvalue weighted by Crippen LogP contribution is 2.34. The summed E-state index contributed by atoms with van der Waals surface area (Å²) in [6, 6.07) is 0.808. The van der Waals surface area contributed by atoms with Crippen LogP contribution in [0.25, 0.3) is 0 Å². The Kier molecular flexibility index (Phi) is 3.76. The average molecular weight is 237 g/mol. The third-order valence-electron chi connectivity index (χ3n) is 5.05. The Bertz CT molecular complexity index is 271. The van der Waals surface area contributed by atoms with E-state index in [1.54, 1.807) is 0 Å². The van der Waals surface area contributed by atoms with Crippen LogP contribution in [-0.2, 0) is 0 Å². The number of nitrogens with one attached hydrogen (secondary N) is 1. The monoisotopic (exact) mass is 237 g/mol. The Morgan fingerprint density at radius 3 is 2.18 bits per heavy atom. The third kappa shape index (κ3) is 2.82. The minimum atomic E-state index is -0.0293. The summed E-state index contributed by atoms with van der Waals surface area (Å²) in [5.74, 6) is 1.31. The summed E-state index contributed by atoms with van der Waals surface area (Å²) >= 11 is 0. The number of nitrogens with zero attached hydrogens (tertiary/aromatic N) is 1. The van der Waals surface area contributed by atoms with Crippen molar-refractivity contribution in [1.82, 2.24) is 4.90 Å². The number of nitrogens with two attached hydrogens (primary N) is 1. The molecule has 2 fully saturated rings. The lowest BCUT2D eigenvalue weighted by molar-refractivity contribution is 0.0853. The Balaban J connectivity index is 1.85. The molecule has 0 atom stereocenters. The molecule has 3 nitrogen and oxygen atoms in total. The summed E-state index contributed by atoms with van der Waals surface area (Å²) < 4.78 is 0. The van der Waals surface area contributed by atoms with Gasteiger partial charge in [0.2, 0.25) is 0 Å². The van der Waals surface area contributed by atoms with Gasteiger partial charge in [-0.25, -0.2) is 0 Å². The smallest absolute Gasteiger partial charge is 0.0966 e. The molecular formula is C14H27N3. The van der Waals surface area contributed by atoms with Crippen LogP contribution in [0.4, 0.5) is 0 Å². The molecule has 0 aromatic carbocycles. The first-order valence-corrected chi connectivity index (χ1v) is 7.10. The van der Waals surface area contributed by atoms with Crippen LogP contribution >= 0.6 is 0 Å². The highest BCUT2D eigenvalue weighted by Gasteiger charge is 2.35. The SMILES string of the molecule is CC1CCC(N2CCC(C)(C(=N)N)CC2)CC1. The molecule has 1 saturated heterocycles. The lowest BCUT2D eigenvalue weighted by Gasteiger charge is -2.43. The summed E-state index contributed by atoms with van der Waals surface area (Å²) in [6.45, 7) is 6.79. The predicted octanol–water partition coefficient (Wildman–Crippen LogP) is 2.60. The predicted molar refractivity (Wildman–Crippen MR) is 72.2 cm³/mol. The number of amidine groups is 1. The fourth-order valence-electron chi connectivity index (χ4n) is 3.26. The summed E-state index contributed by atoms with van der Waals surface area (Å²) in [7, 11) is 0. The van der Waals surface area contributed by atoms with Crippen LogP contribution in [0.3, 0.4) is 0 Å². The molecule has 0 unspecified atom stereocenters. The maximum atomic E-state index is 7.68. The molecule has 1 heterocycles. The zero-order valence-electron chi connectivity index (χ0n) is 11.3. The lowest BCUT2D eigenvalue weighted by Crippen LogP contribution is -2.49. The molecule has 98 valence electrons. The molecule has 3 N–H and O–H groups in total. The van der Waals surface area contributed by atoms with E-state index in [0.29, 0.717) is 5.84 Å². The van der Waals surface area contributed by atoms with Gasteiger partial charge in [0.1, 0.15) is 0 Å². The van der Waals surface area contributed by atoms with Crippen LogP contribution in [0.1, 0.15) is 52.4 Å². The standard InChI is InChI=1S/C14H27N3/c1-11-3-5-12(6-4-11)17-9-7-14(2,8-10-17)13(15)16/h11-12H,3-10H2,1-2H3,(H3,15,16). The normalized spacial score (nSPS) is 34.5. The molecule has 1 aliphatic carbocycles. The molecule has 3 heteroatoms. The van der Waals surface area contributed by atoms with Gasteiger partial charge in [-0.15, -0.1) is 0 Å². The first-order chi connectivity index (χ1) is 8.01. The highest BCUT2D eigenvalue weighted by atomic mass is 15.2. The fourth-order valence-corrected chi connectivity index (χ4v) is 3.26. The molecule has 0 aromatic heterocycles. The molecule has 17 heavy (non-hydrogen) atoms. The van der Waals surface area contributed by atoms with Gasteiger partial charge in [-0.2, -0.15) is 0 Å². The first-order valence-electron chi connectivity index (χ1n) is 7.10. The maximum Gasteiger partial charge on any atom is 0.0966 e. The van der Waals surface area contributed by atoms with E-state index in [1.807, 2.05) is 0 Å². The van der Waals surface area contributed by atoms with Gasteiger partial charge in [0.15, 0.2) is 0 Å². The molecule has 1 aliphatic heterocycles. The summed E-state index contributed by atoms with van der Waals surface area (Å²) in [4.78, 5) is 2.65. The maximum absolute atomic E-state index is 7.68.